The Balaban J connectivity index is 3.23. The van der Waals surface area contributed by atoms with Crippen molar-refractivity contribution >= 4 is 17.4 Å². The van der Waals surface area contributed by atoms with Gasteiger partial charge in [0.25, 0.3) is 0 Å². The van der Waals surface area contributed by atoms with Gasteiger partial charge in [0.15, 0.2) is 0 Å². The van der Waals surface area contributed by atoms with Gasteiger partial charge in [-0.05, 0) is 27.7 Å². The molecule has 0 spiro atoms. The maximum Gasteiger partial charge on any atom is 0.137 e. The highest BCUT2D eigenvalue weighted by molar-refractivity contribution is 6.30. The summed E-state index contributed by atoms with van der Waals surface area (Å²) in [6.07, 6.45) is 0. The molecule has 0 saturated carbocycles. The number of halogens is 1. The minimum atomic E-state index is -0.380. The van der Waals surface area contributed by atoms with Crippen molar-refractivity contribution in [2.45, 2.75) is 33.2 Å². The predicted molar refractivity (Wildman–Crippen MR) is 66.1 cm³/mol. The molecule has 0 saturated heterocycles. The minimum absolute atomic E-state index is 0.0452. The zero-order chi connectivity index (χ0) is 12.5. The maximum atomic E-state index is 9.34. The Hall–Kier alpha value is -0.870. The van der Waals surface area contributed by atoms with Gasteiger partial charge < -0.3 is 10.0 Å². The lowest BCUT2D eigenvalue weighted by molar-refractivity contribution is 0.215. The second kappa shape index (κ2) is 4.55. The number of aliphatic hydroxyl groups excluding tert-OH is 1. The van der Waals surface area contributed by atoms with E-state index in [0.717, 1.165) is 11.4 Å². The number of aryl methyl sites for hydroxylation is 1. The summed E-state index contributed by atoms with van der Waals surface area (Å²) in [5, 5.41) is 9.80. The molecule has 1 heterocycles. The van der Waals surface area contributed by atoms with Crippen molar-refractivity contribution in [3.05, 3.63) is 16.5 Å². The number of nitrogens with zero attached hydrogens (tertiary/aromatic N) is 3. The summed E-state index contributed by atoms with van der Waals surface area (Å²) in [7, 11) is 1.89. The molecule has 4 nitrogen and oxygen atoms in total. The number of rotatable bonds is 3. The number of anilines is 1. The van der Waals surface area contributed by atoms with Crippen LogP contribution in [-0.2, 0) is 0 Å². The van der Waals surface area contributed by atoms with Crippen molar-refractivity contribution in [3.63, 3.8) is 0 Å². The van der Waals surface area contributed by atoms with Crippen molar-refractivity contribution in [1.82, 2.24) is 9.97 Å². The van der Waals surface area contributed by atoms with Gasteiger partial charge in [-0.3, -0.25) is 0 Å². The Bertz CT molecular complexity index is 393. The van der Waals surface area contributed by atoms with Crippen LogP contribution in [0.4, 0.5) is 5.82 Å². The summed E-state index contributed by atoms with van der Waals surface area (Å²) in [6.45, 7) is 7.61. The number of aromatic nitrogens is 2. The highest BCUT2D eigenvalue weighted by Gasteiger charge is 2.25. The van der Waals surface area contributed by atoms with Crippen LogP contribution in [0.5, 0.6) is 0 Å². The second-order valence-corrected chi connectivity index (χ2v) is 4.90. The lowest BCUT2D eigenvalue weighted by Gasteiger charge is -2.35. The van der Waals surface area contributed by atoms with Gasteiger partial charge in [0, 0.05) is 12.6 Å². The molecular formula is C11H18ClN3O. The van der Waals surface area contributed by atoms with E-state index >= 15 is 0 Å². The average molecular weight is 244 g/mol. The van der Waals surface area contributed by atoms with E-state index in [0.29, 0.717) is 11.0 Å². The minimum Gasteiger partial charge on any atom is -0.394 e. The van der Waals surface area contributed by atoms with Crippen LogP contribution in [0.1, 0.15) is 25.2 Å². The number of likely N-dealkylation sites (N-methyl/N-ethyl adjacent to an activating group) is 1. The summed E-state index contributed by atoms with van der Waals surface area (Å²) >= 11 is 6.02. The normalized spacial score (nSPS) is 11.7. The molecule has 5 heteroatoms. The maximum absolute atomic E-state index is 9.34. The third-order valence-electron chi connectivity index (χ3n) is 2.79. The van der Waals surface area contributed by atoms with Gasteiger partial charge in [0.2, 0.25) is 0 Å². The topological polar surface area (TPSA) is 49.2 Å². The van der Waals surface area contributed by atoms with Gasteiger partial charge in [-0.15, -0.1) is 0 Å². The molecule has 1 aromatic heterocycles. The fraction of sp³-hybridized carbons (Fsp3) is 0.636. The quantitative estimate of drug-likeness (QED) is 0.825. The molecule has 0 aliphatic carbocycles. The monoisotopic (exact) mass is 243 g/mol. The van der Waals surface area contributed by atoms with Crippen LogP contribution < -0.4 is 4.90 Å². The molecule has 0 aliphatic rings. The second-order valence-electron chi connectivity index (χ2n) is 4.54. The first kappa shape index (κ1) is 13.2. The molecule has 0 unspecified atom stereocenters. The summed E-state index contributed by atoms with van der Waals surface area (Å²) in [6, 6.07) is 0. The van der Waals surface area contributed by atoms with E-state index in [2.05, 4.69) is 9.97 Å². The zero-order valence-electron chi connectivity index (χ0n) is 10.4. The number of hydrogen-bond acceptors (Lipinski definition) is 4. The SMILES string of the molecule is Cc1nc(Cl)c(C)c(N(C)C(C)(C)CO)n1. The Labute approximate surface area is 101 Å². The zero-order valence-corrected chi connectivity index (χ0v) is 11.1. The molecule has 1 rings (SSSR count). The molecule has 1 aromatic rings. The fourth-order valence-electron chi connectivity index (χ4n) is 1.30. The van der Waals surface area contributed by atoms with Gasteiger partial charge >= 0.3 is 0 Å². The largest absolute Gasteiger partial charge is 0.394 e. The van der Waals surface area contributed by atoms with Crippen LogP contribution in [0.25, 0.3) is 0 Å². The van der Waals surface area contributed by atoms with Crippen molar-refractivity contribution in [2.75, 3.05) is 18.6 Å². The van der Waals surface area contributed by atoms with E-state index < -0.39 is 0 Å². The first-order chi connectivity index (χ1) is 7.29. The Kier molecular flexibility index (Phi) is 3.76. The molecular weight excluding hydrogens is 226 g/mol. The molecule has 0 aliphatic heterocycles. The lowest BCUT2D eigenvalue weighted by atomic mass is 10.0. The molecule has 0 bridgehead atoms. The van der Waals surface area contributed by atoms with Gasteiger partial charge in [0.05, 0.1) is 12.1 Å². The summed E-state index contributed by atoms with van der Waals surface area (Å²) < 4.78 is 0. The van der Waals surface area contributed by atoms with Crippen molar-refractivity contribution in [2.24, 2.45) is 0 Å². The van der Waals surface area contributed by atoms with Crippen LogP contribution in [-0.4, -0.2) is 34.3 Å². The van der Waals surface area contributed by atoms with E-state index in [-0.39, 0.29) is 12.1 Å². The van der Waals surface area contributed by atoms with Crippen molar-refractivity contribution in [1.29, 1.82) is 0 Å². The summed E-state index contributed by atoms with van der Waals surface area (Å²) in [4.78, 5) is 10.4. The third-order valence-corrected chi connectivity index (χ3v) is 3.15. The molecule has 0 aromatic carbocycles. The average Bonchev–Trinajstić information content (AvgIpc) is 2.22. The Morgan fingerprint density at radius 2 is 1.88 bits per heavy atom. The van der Waals surface area contributed by atoms with E-state index in [1.54, 1.807) is 6.92 Å². The lowest BCUT2D eigenvalue weighted by Crippen LogP contribution is -2.45. The first-order valence-corrected chi connectivity index (χ1v) is 5.53. The molecule has 90 valence electrons. The van der Waals surface area contributed by atoms with Crippen LogP contribution in [0.15, 0.2) is 0 Å². The van der Waals surface area contributed by atoms with Crippen LogP contribution in [0.2, 0.25) is 5.15 Å². The Morgan fingerprint density at radius 3 is 2.38 bits per heavy atom. The fourth-order valence-corrected chi connectivity index (χ4v) is 1.51. The predicted octanol–water partition coefficient (Wildman–Crippen LogP) is 1.95. The van der Waals surface area contributed by atoms with Crippen LogP contribution in [0.3, 0.4) is 0 Å². The van der Waals surface area contributed by atoms with Gasteiger partial charge in [-0.25, -0.2) is 9.97 Å². The van der Waals surface area contributed by atoms with Crippen LogP contribution >= 0.6 is 11.6 Å². The standard InChI is InChI=1S/C11H18ClN3O/c1-7-9(12)13-8(2)14-10(7)15(5)11(3,4)6-16/h16H,6H2,1-5H3. The van der Waals surface area contributed by atoms with E-state index in [4.69, 9.17) is 11.6 Å². The molecule has 0 fully saturated rings. The molecule has 1 N–H and O–H groups in total. The van der Waals surface area contributed by atoms with Gasteiger partial charge in [-0.2, -0.15) is 0 Å². The molecule has 0 amide bonds. The number of hydrogen-bond donors (Lipinski definition) is 1. The van der Waals surface area contributed by atoms with Crippen molar-refractivity contribution < 1.29 is 5.11 Å². The highest BCUT2D eigenvalue weighted by Crippen LogP contribution is 2.27. The molecule has 16 heavy (non-hydrogen) atoms. The van der Waals surface area contributed by atoms with Crippen LogP contribution in [0, 0.1) is 13.8 Å². The van der Waals surface area contributed by atoms with Gasteiger partial charge in [-0.1, -0.05) is 11.6 Å². The number of aliphatic hydroxyl groups is 1. The van der Waals surface area contributed by atoms with Gasteiger partial charge in [0.1, 0.15) is 16.8 Å². The summed E-state index contributed by atoms with van der Waals surface area (Å²) in [5.74, 6) is 1.39. The third kappa shape index (κ3) is 2.44. The van der Waals surface area contributed by atoms with E-state index in [9.17, 15) is 5.11 Å². The summed E-state index contributed by atoms with van der Waals surface area (Å²) in [5.41, 5.74) is 0.450. The molecule has 0 atom stereocenters. The first-order valence-electron chi connectivity index (χ1n) is 5.15. The Morgan fingerprint density at radius 1 is 1.31 bits per heavy atom. The molecule has 0 radical (unpaired) electrons. The van der Waals surface area contributed by atoms with E-state index in [1.807, 2.05) is 32.7 Å². The van der Waals surface area contributed by atoms with E-state index in [1.165, 1.54) is 0 Å². The van der Waals surface area contributed by atoms with Crippen molar-refractivity contribution in [3.8, 4) is 0 Å². The smallest absolute Gasteiger partial charge is 0.137 e. The highest BCUT2D eigenvalue weighted by atomic mass is 35.5.